The summed E-state index contributed by atoms with van der Waals surface area (Å²) in [5, 5.41) is 0. The van der Waals surface area contributed by atoms with Crippen molar-refractivity contribution in [3.63, 3.8) is 0 Å². The topological polar surface area (TPSA) is 63.2 Å². The van der Waals surface area contributed by atoms with E-state index in [2.05, 4.69) is 0 Å². The molecule has 0 aliphatic carbocycles. The second-order valence-corrected chi connectivity index (χ2v) is 0.612. The summed E-state index contributed by atoms with van der Waals surface area (Å²) in [4.78, 5) is 0. The van der Waals surface area contributed by atoms with Crippen molar-refractivity contribution >= 4 is 11.4 Å². The Morgan fingerprint density at radius 2 is 1.17 bits per heavy atom. The number of rotatable bonds is 0. The molecule has 6 heteroatoms. The Balaban J connectivity index is -0.0000000450. The van der Waals surface area contributed by atoms with Crippen molar-refractivity contribution in [3.05, 3.63) is 0 Å². The Bertz CT molecular complexity index is 31.8. The van der Waals surface area contributed by atoms with Crippen LogP contribution in [0.25, 0.3) is 0 Å². The van der Waals surface area contributed by atoms with Crippen molar-refractivity contribution in [3.8, 4) is 0 Å². The number of hydrogen-bond donors (Lipinski definition) is 0. The summed E-state index contributed by atoms with van der Waals surface area (Å²) in [6.07, 6.45) is 0. The second-order valence-electron chi connectivity index (χ2n) is 0.204. The van der Waals surface area contributed by atoms with Gasteiger partial charge in [0, 0.05) is 0 Å². The molecule has 0 aromatic rings. The van der Waals surface area contributed by atoms with Gasteiger partial charge in [-0.2, -0.15) is 0 Å². The molecule has 0 aliphatic rings. The second kappa shape index (κ2) is 9.44. The van der Waals surface area contributed by atoms with Crippen LogP contribution < -0.4 is 0 Å². The maximum absolute atomic E-state index is 8.44. The van der Waals surface area contributed by atoms with Crippen LogP contribution in [0.4, 0.5) is 0 Å². The minimum Gasteiger partial charge on any atom is -0.784 e. The van der Waals surface area contributed by atoms with Gasteiger partial charge >= 0.3 is 34.1 Å². The number of hydrogen-bond acceptors (Lipinski definition) is 3. The van der Waals surface area contributed by atoms with E-state index in [4.69, 9.17) is 13.3 Å². The van der Waals surface area contributed by atoms with Gasteiger partial charge in [0.1, 0.15) is 0 Å². The van der Waals surface area contributed by atoms with E-state index >= 15 is 0 Å². The molecule has 0 spiro atoms. The SMILES string of the molecule is O=S([O-])[O-].[Cu+].[Cu+]. The van der Waals surface area contributed by atoms with Gasteiger partial charge in [-0.05, 0) is 0 Å². The molecular formula is Cu2O3S. The van der Waals surface area contributed by atoms with E-state index in [0.717, 1.165) is 0 Å². The molecular weight excluding hydrogens is 207 g/mol. The molecule has 0 amide bonds. The summed E-state index contributed by atoms with van der Waals surface area (Å²) in [5.74, 6) is 0. The van der Waals surface area contributed by atoms with Gasteiger partial charge in [0.15, 0.2) is 0 Å². The third-order valence-electron chi connectivity index (χ3n) is 0. The van der Waals surface area contributed by atoms with Crippen LogP contribution in [0.1, 0.15) is 0 Å². The van der Waals surface area contributed by atoms with E-state index in [1.54, 1.807) is 0 Å². The van der Waals surface area contributed by atoms with Crippen LogP contribution in [-0.2, 0) is 45.5 Å². The van der Waals surface area contributed by atoms with Crippen LogP contribution in [0, 0.1) is 0 Å². The molecule has 3 nitrogen and oxygen atoms in total. The van der Waals surface area contributed by atoms with Crippen LogP contribution in [0.3, 0.4) is 0 Å². The summed E-state index contributed by atoms with van der Waals surface area (Å²) in [6.45, 7) is 0. The Morgan fingerprint density at radius 3 is 1.17 bits per heavy atom. The minimum absolute atomic E-state index is 0. The molecule has 46 valence electrons. The van der Waals surface area contributed by atoms with Crippen molar-refractivity contribution < 1.29 is 47.5 Å². The van der Waals surface area contributed by atoms with Crippen molar-refractivity contribution in [2.24, 2.45) is 0 Å². The fraction of sp³-hybridized carbons (Fsp3) is 0. The monoisotopic (exact) mass is 206 g/mol. The van der Waals surface area contributed by atoms with Gasteiger partial charge in [-0.15, -0.1) is 11.4 Å². The van der Waals surface area contributed by atoms with E-state index in [-0.39, 0.29) is 34.1 Å². The molecule has 6 heavy (non-hydrogen) atoms. The normalized spacial score (nSPS) is 5.83. The third-order valence-corrected chi connectivity index (χ3v) is 0. The first-order valence-electron chi connectivity index (χ1n) is 0.500. The quantitative estimate of drug-likeness (QED) is 0.377. The summed E-state index contributed by atoms with van der Waals surface area (Å²) >= 11 is -3.11. The Hall–Kier alpha value is 1.11. The molecule has 0 heterocycles. The molecule has 0 saturated carbocycles. The molecule has 0 radical (unpaired) electrons. The van der Waals surface area contributed by atoms with Crippen molar-refractivity contribution in [1.29, 1.82) is 0 Å². The summed E-state index contributed by atoms with van der Waals surface area (Å²) < 4.78 is 25.3. The smallest absolute Gasteiger partial charge is 0.784 e. The van der Waals surface area contributed by atoms with Gasteiger partial charge in [-0.25, -0.2) is 0 Å². The zero-order valence-corrected chi connectivity index (χ0v) is 4.94. The molecule has 0 N–H and O–H groups in total. The van der Waals surface area contributed by atoms with E-state index in [1.807, 2.05) is 0 Å². The van der Waals surface area contributed by atoms with E-state index in [1.165, 1.54) is 0 Å². The van der Waals surface area contributed by atoms with Crippen LogP contribution in [0.2, 0.25) is 0 Å². The Kier molecular flexibility index (Phi) is 24.7. The molecule has 0 rings (SSSR count). The van der Waals surface area contributed by atoms with Crippen molar-refractivity contribution in [2.45, 2.75) is 0 Å². The van der Waals surface area contributed by atoms with E-state index in [9.17, 15) is 0 Å². The third kappa shape index (κ3) is 70.1. The Labute approximate surface area is 58.9 Å². The largest absolute Gasteiger partial charge is 1.00 e. The van der Waals surface area contributed by atoms with Crippen LogP contribution in [0.15, 0.2) is 0 Å². The minimum atomic E-state index is -3.11. The van der Waals surface area contributed by atoms with Gasteiger partial charge in [0.05, 0.1) is 0 Å². The fourth-order valence-electron chi connectivity index (χ4n) is 0. The van der Waals surface area contributed by atoms with E-state index in [0.29, 0.717) is 0 Å². The van der Waals surface area contributed by atoms with Gasteiger partial charge in [-0.1, -0.05) is 0 Å². The standard InChI is InChI=1S/2Cu.H2O3S/c;;1-4(2)3/h;;(H2,1,2,3)/q2*+1;/p-2. The molecule has 0 fully saturated rings. The molecule has 0 bridgehead atoms. The molecule has 0 aromatic carbocycles. The molecule has 0 unspecified atom stereocenters. The first-order valence-corrected chi connectivity index (χ1v) is 1.50. The maximum atomic E-state index is 8.44. The van der Waals surface area contributed by atoms with Gasteiger partial charge in [0.25, 0.3) is 0 Å². The molecule has 0 atom stereocenters. The zero-order valence-electron chi connectivity index (χ0n) is 2.24. The summed E-state index contributed by atoms with van der Waals surface area (Å²) in [5.41, 5.74) is 0. The molecule has 0 saturated heterocycles. The van der Waals surface area contributed by atoms with Crippen LogP contribution in [-0.4, -0.2) is 13.3 Å². The maximum Gasteiger partial charge on any atom is 1.00 e. The fourth-order valence-corrected chi connectivity index (χ4v) is 0. The van der Waals surface area contributed by atoms with Crippen LogP contribution >= 0.6 is 0 Å². The first kappa shape index (κ1) is 15.7. The zero-order chi connectivity index (χ0) is 3.58. The van der Waals surface area contributed by atoms with Crippen molar-refractivity contribution in [2.75, 3.05) is 0 Å². The predicted molar refractivity (Wildman–Crippen MR) is 9.70 cm³/mol. The van der Waals surface area contributed by atoms with Crippen molar-refractivity contribution in [1.82, 2.24) is 0 Å². The summed E-state index contributed by atoms with van der Waals surface area (Å²) in [7, 11) is 0. The Morgan fingerprint density at radius 1 is 1.17 bits per heavy atom. The first-order chi connectivity index (χ1) is 1.73. The average Bonchev–Trinajstić information content (AvgIpc) is 0.811. The van der Waals surface area contributed by atoms with Gasteiger partial charge < -0.3 is 9.11 Å². The van der Waals surface area contributed by atoms with Gasteiger partial charge in [0.2, 0.25) is 0 Å². The van der Waals surface area contributed by atoms with Gasteiger partial charge in [-0.3, -0.25) is 4.21 Å². The molecule has 0 aromatic heterocycles. The van der Waals surface area contributed by atoms with Crippen LogP contribution in [0.5, 0.6) is 0 Å². The molecule has 0 aliphatic heterocycles. The average molecular weight is 207 g/mol. The summed E-state index contributed by atoms with van der Waals surface area (Å²) in [6, 6.07) is 0. The predicted octanol–water partition coefficient (Wildman–Crippen LogP) is -1.01. The van der Waals surface area contributed by atoms with E-state index < -0.39 is 11.4 Å².